The van der Waals surface area contributed by atoms with E-state index in [-0.39, 0.29) is 20.5 Å². The van der Waals surface area contributed by atoms with Gasteiger partial charge < -0.3 is 5.11 Å². The van der Waals surface area contributed by atoms with Crippen LogP contribution in [0, 0.1) is 5.82 Å². The van der Waals surface area contributed by atoms with Crippen LogP contribution in [0.2, 0.25) is 0 Å². The van der Waals surface area contributed by atoms with E-state index in [1.165, 1.54) is 17.8 Å². The number of hydrogen-bond donors (Lipinski definition) is 2. The van der Waals surface area contributed by atoms with Crippen molar-refractivity contribution in [2.75, 3.05) is 0 Å². The first kappa shape index (κ1) is 17.0. The number of nitrogens with zero attached hydrogens (tertiary/aromatic N) is 2. The summed E-state index contributed by atoms with van der Waals surface area (Å²) in [5, 5.41) is 17.3. The Balaban J connectivity index is 1.99. The first-order valence-corrected chi connectivity index (χ1v) is 9.15. The maximum Gasteiger partial charge on any atom is 0.216 e. The lowest BCUT2D eigenvalue weighted by Gasteiger charge is -2.04. The lowest BCUT2D eigenvalue weighted by atomic mass is 10.2. The lowest BCUT2D eigenvalue weighted by Crippen LogP contribution is -2.06. The Morgan fingerprint density at radius 2 is 1.96 bits per heavy atom. The summed E-state index contributed by atoms with van der Waals surface area (Å²) in [4.78, 5) is 15.9. The van der Waals surface area contributed by atoms with E-state index >= 15 is 0 Å². The molecular weight excluding hydrogens is 369 g/mol. The Kier molecular flexibility index (Phi) is 4.47. The molecule has 10 heteroatoms. The van der Waals surface area contributed by atoms with Gasteiger partial charge in [-0.15, -0.1) is 11.3 Å². The topological polar surface area (TPSA) is 113 Å². The summed E-state index contributed by atoms with van der Waals surface area (Å²) in [5.41, 5.74) is -0.101. The van der Waals surface area contributed by atoms with Crippen molar-refractivity contribution >= 4 is 32.7 Å². The van der Waals surface area contributed by atoms with Crippen molar-refractivity contribution < 1.29 is 22.7 Å². The summed E-state index contributed by atoms with van der Waals surface area (Å²) < 4.78 is 38.2. The van der Waals surface area contributed by atoms with Gasteiger partial charge in [0.15, 0.2) is 11.5 Å². The van der Waals surface area contributed by atoms with Crippen molar-refractivity contribution in [2.24, 2.45) is 0 Å². The number of benzene rings is 1. The van der Waals surface area contributed by atoms with Crippen LogP contribution in [-0.2, 0) is 9.84 Å². The molecule has 0 amide bonds. The molecule has 2 heterocycles. The Morgan fingerprint density at radius 1 is 1.24 bits per heavy atom. The zero-order valence-corrected chi connectivity index (χ0v) is 14.0. The maximum atomic E-state index is 13.0. The van der Waals surface area contributed by atoms with Crippen LogP contribution in [0.3, 0.4) is 0 Å². The van der Waals surface area contributed by atoms with E-state index in [4.69, 9.17) is 0 Å². The Bertz CT molecular complexity index is 1040. The number of ketones is 1. The average molecular weight is 379 g/mol. The molecule has 0 saturated heterocycles. The van der Waals surface area contributed by atoms with Gasteiger partial charge in [-0.2, -0.15) is 5.10 Å². The second-order valence-electron chi connectivity index (χ2n) is 4.80. The number of rotatable bonds is 5. The predicted molar refractivity (Wildman–Crippen MR) is 87.5 cm³/mol. The summed E-state index contributed by atoms with van der Waals surface area (Å²) in [5.74, 6) is -1.88. The number of carbonyl (C=O) groups excluding carboxylic acids is 1. The van der Waals surface area contributed by atoms with Gasteiger partial charge in [0.2, 0.25) is 15.7 Å². The second kappa shape index (κ2) is 6.57. The molecule has 0 saturated carbocycles. The molecule has 0 atom stereocenters. The summed E-state index contributed by atoms with van der Waals surface area (Å²) in [7, 11) is -3.99. The highest BCUT2D eigenvalue weighted by atomic mass is 32.2. The molecule has 0 aliphatic carbocycles. The van der Waals surface area contributed by atoms with Crippen LogP contribution < -0.4 is 0 Å². The van der Waals surface area contributed by atoms with Crippen LogP contribution in [0.4, 0.5) is 4.39 Å². The van der Waals surface area contributed by atoms with Crippen molar-refractivity contribution in [1.29, 1.82) is 0 Å². The molecule has 0 unspecified atom stereocenters. The van der Waals surface area contributed by atoms with Gasteiger partial charge in [-0.1, -0.05) is 0 Å². The quantitative estimate of drug-likeness (QED) is 0.305. The van der Waals surface area contributed by atoms with Gasteiger partial charge >= 0.3 is 0 Å². The van der Waals surface area contributed by atoms with Gasteiger partial charge in [0, 0.05) is 6.08 Å². The molecule has 0 spiro atoms. The minimum absolute atomic E-state index is 0.0912. The van der Waals surface area contributed by atoms with Crippen LogP contribution in [0.1, 0.15) is 16.2 Å². The number of sulfone groups is 1. The number of aliphatic hydroxyl groups is 1. The predicted octanol–water partition coefficient (Wildman–Crippen LogP) is 2.62. The van der Waals surface area contributed by atoms with Gasteiger partial charge in [-0.3, -0.25) is 9.89 Å². The van der Waals surface area contributed by atoms with Crippen molar-refractivity contribution in [3.63, 3.8) is 0 Å². The third kappa shape index (κ3) is 3.35. The highest BCUT2D eigenvalue weighted by Gasteiger charge is 2.26. The largest absolute Gasteiger partial charge is 0.504 e. The molecule has 0 radical (unpaired) electrons. The van der Waals surface area contributed by atoms with Crippen LogP contribution in [-0.4, -0.2) is 34.5 Å². The molecule has 25 heavy (non-hydrogen) atoms. The zero-order chi connectivity index (χ0) is 18.0. The van der Waals surface area contributed by atoms with Crippen molar-refractivity contribution in [3.8, 4) is 0 Å². The number of allylic oxidation sites excluding steroid dienone is 1. The lowest BCUT2D eigenvalue weighted by molar-refractivity contribution is 0.104. The Morgan fingerprint density at radius 3 is 2.60 bits per heavy atom. The van der Waals surface area contributed by atoms with E-state index in [1.54, 1.807) is 0 Å². The van der Waals surface area contributed by atoms with Crippen molar-refractivity contribution in [2.45, 2.75) is 9.10 Å². The van der Waals surface area contributed by atoms with Crippen LogP contribution in [0.5, 0.6) is 0 Å². The minimum atomic E-state index is -3.99. The number of hydrogen-bond acceptors (Lipinski definition) is 7. The van der Waals surface area contributed by atoms with Gasteiger partial charge in [0.1, 0.15) is 16.4 Å². The first-order chi connectivity index (χ1) is 11.9. The SMILES string of the molecule is O=C(C=C(O)c1nc[nH]n1)c1ccsc1S(=O)(=O)c1ccc(F)cc1. The van der Waals surface area contributed by atoms with Crippen molar-refractivity contribution in [1.82, 2.24) is 15.2 Å². The number of aliphatic hydroxyl groups excluding tert-OH is 1. The summed E-state index contributed by atoms with van der Waals surface area (Å²) >= 11 is 0.858. The fourth-order valence-electron chi connectivity index (χ4n) is 2.01. The highest BCUT2D eigenvalue weighted by Crippen LogP contribution is 2.30. The Labute approximate surface area is 145 Å². The molecule has 128 valence electrons. The van der Waals surface area contributed by atoms with E-state index in [0.717, 1.165) is 41.7 Å². The third-order valence-corrected chi connectivity index (χ3v) is 6.43. The summed E-state index contributed by atoms with van der Waals surface area (Å²) in [6.07, 6.45) is 2.06. The summed E-state index contributed by atoms with van der Waals surface area (Å²) in [6, 6.07) is 5.64. The smallest absolute Gasteiger partial charge is 0.216 e. The summed E-state index contributed by atoms with van der Waals surface area (Å²) in [6.45, 7) is 0. The van der Waals surface area contributed by atoms with Gasteiger partial charge in [-0.05, 0) is 35.7 Å². The van der Waals surface area contributed by atoms with Crippen LogP contribution >= 0.6 is 11.3 Å². The van der Waals surface area contributed by atoms with Crippen LogP contribution in [0.15, 0.2) is 57.2 Å². The minimum Gasteiger partial charge on any atom is -0.504 e. The molecule has 0 aliphatic heterocycles. The number of aromatic nitrogens is 3. The number of H-pyrrole nitrogens is 1. The number of carbonyl (C=O) groups is 1. The molecular formula is C15H10FN3O4S2. The van der Waals surface area contributed by atoms with Crippen molar-refractivity contribution in [3.05, 3.63) is 65.3 Å². The average Bonchev–Trinajstić information content (AvgIpc) is 3.27. The first-order valence-electron chi connectivity index (χ1n) is 6.79. The molecule has 3 rings (SSSR count). The monoisotopic (exact) mass is 379 g/mol. The fraction of sp³-hybridized carbons (Fsp3) is 0. The molecule has 1 aromatic carbocycles. The standard InChI is InChI=1S/C15H10FN3O4S2/c16-9-1-3-10(4-2-9)25(22,23)15-11(5-6-24-15)12(20)7-13(21)14-17-8-18-19-14/h1-8,21H,(H,17,18,19). The maximum absolute atomic E-state index is 13.0. The van der Waals surface area contributed by atoms with E-state index in [9.17, 15) is 22.7 Å². The highest BCUT2D eigenvalue weighted by molar-refractivity contribution is 7.93. The molecule has 2 N–H and O–H groups in total. The third-order valence-electron chi connectivity index (χ3n) is 3.18. The van der Waals surface area contributed by atoms with Gasteiger partial charge in [-0.25, -0.2) is 17.8 Å². The van der Waals surface area contributed by atoms with E-state index < -0.39 is 27.2 Å². The molecule has 0 fully saturated rings. The van der Waals surface area contributed by atoms with E-state index in [1.807, 2.05) is 0 Å². The number of nitrogens with one attached hydrogen (secondary N) is 1. The Hall–Kier alpha value is -2.85. The van der Waals surface area contributed by atoms with Gasteiger partial charge in [0.25, 0.3) is 0 Å². The molecule has 3 aromatic rings. The molecule has 7 nitrogen and oxygen atoms in total. The number of thiophene rings is 1. The normalized spacial score (nSPS) is 12.3. The molecule has 0 bridgehead atoms. The molecule has 0 aliphatic rings. The number of halogens is 1. The fourth-order valence-corrected chi connectivity index (χ4v) is 4.76. The van der Waals surface area contributed by atoms with E-state index in [2.05, 4.69) is 15.2 Å². The zero-order valence-electron chi connectivity index (χ0n) is 12.4. The number of aromatic amines is 1. The second-order valence-corrected chi connectivity index (χ2v) is 7.86. The van der Waals surface area contributed by atoms with Crippen LogP contribution in [0.25, 0.3) is 5.76 Å². The van der Waals surface area contributed by atoms with E-state index in [0.29, 0.717) is 0 Å². The van der Waals surface area contributed by atoms with Gasteiger partial charge in [0.05, 0.1) is 10.5 Å². The molecule has 2 aromatic heterocycles.